The Labute approximate surface area is 155 Å². The average molecular weight is 383 g/mol. The molecule has 2 heterocycles. The minimum Gasteiger partial charge on any atom is -0.478 e. The first kappa shape index (κ1) is 18.6. The van der Waals surface area contributed by atoms with Gasteiger partial charge in [-0.1, -0.05) is 6.07 Å². The first-order valence-corrected chi connectivity index (χ1v) is 7.89. The summed E-state index contributed by atoms with van der Waals surface area (Å²) >= 11 is 0. The number of nitrogens with zero attached hydrogens (tertiary/aromatic N) is 1. The van der Waals surface area contributed by atoms with Gasteiger partial charge in [-0.25, -0.2) is 9.59 Å². The molecule has 0 radical (unpaired) electrons. The molecule has 0 aliphatic heterocycles. The van der Waals surface area contributed by atoms with Crippen LogP contribution in [-0.4, -0.2) is 26.0 Å². The molecule has 0 aliphatic rings. The quantitative estimate of drug-likeness (QED) is 0.450. The molecule has 0 fully saturated rings. The summed E-state index contributed by atoms with van der Waals surface area (Å²) in [7, 11) is 0. The summed E-state index contributed by atoms with van der Waals surface area (Å²) in [6, 6.07) is 7.79. The SMILES string of the molecule is Cc1ccc(C(=O)O)cc1-c1ccc(/C=C/c2[nH]c(=O)[nH]c(=O)c2[N+](=O)[O-])o1. The first-order chi connectivity index (χ1) is 13.3. The second-order valence-corrected chi connectivity index (χ2v) is 5.80. The molecule has 2 aromatic heterocycles. The maximum absolute atomic E-state index is 11.6. The van der Waals surface area contributed by atoms with E-state index in [9.17, 15) is 24.5 Å². The third kappa shape index (κ3) is 3.65. The van der Waals surface area contributed by atoms with E-state index in [2.05, 4.69) is 4.98 Å². The van der Waals surface area contributed by atoms with Crippen molar-refractivity contribution in [2.75, 3.05) is 0 Å². The van der Waals surface area contributed by atoms with Crippen molar-refractivity contribution in [3.8, 4) is 11.3 Å². The van der Waals surface area contributed by atoms with Crippen LogP contribution in [0.2, 0.25) is 0 Å². The van der Waals surface area contributed by atoms with Gasteiger partial charge < -0.3 is 14.5 Å². The van der Waals surface area contributed by atoms with E-state index in [1.165, 1.54) is 24.3 Å². The minimum atomic E-state index is -1.12. The van der Waals surface area contributed by atoms with Crippen LogP contribution in [-0.2, 0) is 0 Å². The number of aromatic carboxylic acids is 1. The summed E-state index contributed by atoms with van der Waals surface area (Å²) in [5.74, 6) is -0.391. The van der Waals surface area contributed by atoms with Gasteiger partial charge in [0.1, 0.15) is 17.2 Å². The Morgan fingerprint density at radius 1 is 1.18 bits per heavy atom. The van der Waals surface area contributed by atoms with Crippen LogP contribution in [0.3, 0.4) is 0 Å². The second kappa shape index (κ2) is 7.19. The number of carboxylic acid groups (broad SMARTS) is 1. The molecule has 0 bridgehead atoms. The number of furan rings is 1. The lowest BCUT2D eigenvalue weighted by atomic mass is 10.0. The summed E-state index contributed by atoms with van der Waals surface area (Å²) in [6.07, 6.45) is 2.52. The van der Waals surface area contributed by atoms with Crippen LogP contribution < -0.4 is 11.2 Å². The molecule has 10 heteroatoms. The van der Waals surface area contributed by atoms with E-state index in [1.807, 2.05) is 0 Å². The Morgan fingerprint density at radius 2 is 1.93 bits per heavy atom. The van der Waals surface area contributed by atoms with Crippen molar-refractivity contribution >= 4 is 23.8 Å². The fourth-order valence-electron chi connectivity index (χ4n) is 2.57. The van der Waals surface area contributed by atoms with Gasteiger partial charge in [0.05, 0.1) is 10.5 Å². The van der Waals surface area contributed by atoms with E-state index in [4.69, 9.17) is 9.52 Å². The number of aryl methyl sites for hydroxylation is 1. The van der Waals surface area contributed by atoms with Crippen molar-refractivity contribution in [1.82, 2.24) is 9.97 Å². The standard InChI is InChI=1S/C18H13N3O7/c1-9-2-3-10(17(23)24)8-12(9)14-7-5-11(28-14)4-6-13-15(21(26)27)16(22)20-18(25)19-13/h2-8H,1H3,(H,23,24)(H2,19,20,22,25)/b6-4+. The normalized spacial score (nSPS) is 11.0. The van der Waals surface area contributed by atoms with Crippen molar-refractivity contribution in [2.45, 2.75) is 6.92 Å². The third-order valence-corrected chi connectivity index (χ3v) is 3.92. The Bertz CT molecular complexity index is 1230. The zero-order valence-corrected chi connectivity index (χ0v) is 14.4. The molecule has 10 nitrogen and oxygen atoms in total. The maximum Gasteiger partial charge on any atom is 0.357 e. The van der Waals surface area contributed by atoms with Gasteiger partial charge in [-0.3, -0.25) is 19.9 Å². The van der Waals surface area contributed by atoms with E-state index in [0.29, 0.717) is 11.3 Å². The van der Waals surface area contributed by atoms with Gasteiger partial charge in [-0.2, -0.15) is 0 Å². The van der Waals surface area contributed by atoms with Crippen molar-refractivity contribution in [1.29, 1.82) is 0 Å². The predicted octanol–water partition coefficient (Wildman–Crippen LogP) is 2.41. The van der Waals surface area contributed by atoms with Gasteiger partial charge >= 0.3 is 22.9 Å². The highest BCUT2D eigenvalue weighted by Gasteiger charge is 2.19. The zero-order valence-electron chi connectivity index (χ0n) is 14.4. The highest BCUT2D eigenvalue weighted by molar-refractivity contribution is 5.89. The number of nitro groups is 1. The number of rotatable bonds is 5. The molecule has 28 heavy (non-hydrogen) atoms. The first-order valence-electron chi connectivity index (χ1n) is 7.89. The lowest BCUT2D eigenvalue weighted by Crippen LogP contribution is -2.25. The Balaban J connectivity index is 1.98. The lowest BCUT2D eigenvalue weighted by Gasteiger charge is -2.04. The molecule has 0 spiro atoms. The van der Waals surface area contributed by atoms with E-state index in [1.54, 1.807) is 30.1 Å². The van der Waals surface area contributed by atoms with Gasteiger partial charge in [0.2, 0.25) is 0 Å². The summed E-state index contributed by atoms with van der Waals surface area (Å²) < 4.78 is 5.64. The number of nitrogens with one attached hydrogen (secondary N) is 2. The number of benzene rings is 1. The second-order valence-electron chi connectivity index (χ2n) is 5.80. The van der Waals surface area contributed by atoms with E-state index < -0.39 is 27.8 Å². The van der Waals surface area contributed by atoms with Gasteiger partial charge in [0.25, 0.3) is 0 Å². The van der Waals surface area contributed by atoms with Gasteiger partial charge in [-0.05, 0) is 48.9 Å². The van der Waals surface area contributed by atoms with Crippen LogP contribution in [0.15, 0.2) is 44.3 Å². The number of hydrogen-bond acceptors (Lipinski definition) is 6. The number of carbonyl (C=O) groups is 1. The molecule has 0 atom stereocenters. The van der Waals surface area contributed by atoms with Crippen LogP contribution in [0.25, 0.3) is 23.5 Å². The molecule has 0 saturated carbocycles. The third-order valence-electron chi connectivity index (χ3n) is 3.92. The molecule has 1 aromatic carbocycles. The molecular formula is C18H13N3O7. The van der Waals surface area contributed by atoms with E-state index in [0.717, 1.165) is 5.56 Å². The van der Waals surface area contributed by atoms with Gasteiger partial charge in [-0.15, -0.1) is 0 Å². The van der Waals surface area contributed by atoms with Crippen LogP contribution in [0.4, 0.5) is 5.69 Å². The monoisotopic (exact) mass is 383 g/mol. The van der Waals surface area contributed by atoms with Crippen molar-refractivity contribution in [3.05, 3.63) is 83.9 Å². The molecule has 0 amide bonds. The molecule has 3 N–H and O–H groups in total. The zero-order chi connectivity index (χ0) is 20.4. The smallest absolute Gasteiger partial charge is 0.357 e. The lowest BCUT2D eigenvalue weighted by molar-refractivity contribution is -0.386. The molecular weight excluding hydrogens is 370 g/mol. The summed E-state index contributed by atoms with van der Waals surface area (Å²) in [5.41, 5.74) is -1.59. The highest BCUT2D eigenvalue weighted by atomic mass is 16.6. The molecule has 142 valence electrons. The molecule has 0 aliphatic carbocycles. The fraction of sp³-hybridized carbons (Fsp3) is 0.0556. The summed E-state index contributed by atoms with van der Waals surface area (Å²) in [4.78, 5) is 48.2. The Morgan fingerprint density at radius 3 is 2.61 bits per heavy atom. The maximum atomic E-state index is 11.6. The number of carboxylic acids is 1. The van der Waals surface area contributed by atoms with E-state index >= 15 is 0 Å². The predicted molar refractivity (Wildman–Crippen MR) is 99.1 cm³/mol. The van der Waals surface area contributed by atoms with Crippen LogP contribution >= 0.6 is 0 Å². The average Bonchev–Trinajstić information content (AvgIpc) is 3.07. The van der Waals surface area contributed by atoms with E-state index in [-0.39, 0.29) is 17.0 Å². The topological polar surface area (TPSA) is 159 Å². The summed E-state index contributed by atoms with van der Waals surface area (Å²) in [6.45, 7) is 1.79. The largest absolute Gasteiger partial charge is 0.478 e. The number of aromatic amines is 2. The van der Waals surface area contributed by atoms with Crippen LogP contribution in [0.1, 0.15) is 27.4 Å². The van der Waals surface area contributed by atoms with Gasteiger partial charge in [0, 0.05) is 5.56 Å². The van der Waals surface area contributed by atoms with Crippen molar-refractivity contribution < 1.29 is 19.2 Å². The number of aromatic nitrogens is 2. The molecule has 3 rings (SSSR count). The number of H-pyrrole nitrogens is 2. The van der Waals surface area contributed by atoms with Gasteiger partial charge in [0.15, 0.2) is 0 Å². The van der Waals surface area contributed by atoms with Crippen molar-refractivity contribution in [2.24, 2.45) is 0 Å². The number of hydrogen-bond donors (Lipinski definition) is 3. The summed E-state index contributed by atoms with van der Waals surface area (Å²) in [5, 5.41) is 20.2. The Kier molecular flexibility index (Phi) is 4.77. The molecule has 3 aromatic rings. The van der Waals surface area contributed by atoms with Crippen molar-refractivity contribution in [3.63, 3.8) is 0 Å². The Hall–Kier alpha value is -4.21. The van der Waals surface area contributed by atoms with Crippen LogP contribution in [0.5, 0.6) is 0 Å². The fourth-order valence-corrected chi connectivity index (χ4v) is 2.57. The molecule has 0 unspecified atom stereocenters. The molecule has 0 saturated heterocycles. The van der Waals surface area contributed by atoms with Crippen LogP contribution in [0, 0.1) is 17.0 Å². The highest BCUT2D eigenvalue weighted by Crippen LogP contribution is 2.27. The minimum absolute atomic E-state index is 0.103.